The first-order valence-corrected chi connectivity index (χ1v) is 8.12. The molecule has 0 atom stereocenters. The van der Waals surface area contributed by atoms with Crippen LogP contribution in [0.15, 0.2) is 24.3 Å². The molecule has 4 nitrogen and oxygen atoms in total. The molecule has 0 saturated carbocycles. The van der Waals surface area contributed by atoms with Crippen LogP contribution in [0.4, 0.5) is 5.69 Å². The van der Waals surface area contributed by atoms with E-state index in [0.717, 1.165) is 45.1 Å². The van der Waals surface area contributed by atoms with Gasteiger partial charge in [0.25, 0.3) is 0 Å². The largest absolute Gasteiger partial charge is 0.370 e. The van der Waals surface area contributed by atoms with Crippen LogP contribution in [0.25, 0.3) is 0 Å². The predicted octanol–water partition coefficient (Wildman–Crippen LogP) is 1.01. The molecular formula is C16H26N3OS+. The molecule has 1 heterocycles. The van der Waals surface area contributed by atoms with Gasteiger partial charge in [0.15, 0.2) is 5.11 Å². The van der Waals surface area contributed by atoms with Gasteiger partial charge >= 0.3 is 0 Å². The van der Waals surface area contributed by atoms with Gasteiger partial charge in [0.05, 0.1) is 26.3 Å². The smallest absolute Gasteiger partial charge is 0.170 e. The lowest BCUT2D eigenvalue weighted by Crippen LogP contribution is -3.14. The van der Waals surface area contributed by atoms with Crippen molar-refractivity contribution in [3.63, 3.8) is 0 Å². The molecule has 1 aromatic carbocycles. The van der Waals surface area contributed by atoms with Crippen LogP contribution in [0, 0.1) is 0 Å². The second kappa shape index (κ2) is 8.32. The summed E-state index contributed by atoms with van der Waals surface area (Å²) >= 11 is 5.39. The van der Waals surface area contributed by atoms with E-state index in [9.17, 15) is 0 Å². The van der Waals surface area contributed by atoms with Gasteiger partial charge in [-0.2, -0.15) is 0 Å². The molecule has 1 fully saturated rings. The Morgan fingerprint density at radius 1 is 1.29 bits per heavy atom. The van der Waals surface area contributed by atoms with E-state index in [1.54, 1.807) is 4.90 Å². The summed E-state index contributed by atoms with van der Waals surface area (Å²) in [6.07, 6.45) is 0. The van der Waals surface area contributed by atoms with Crippen LogP contribution in [0.2, 0.25) is 0 Å². The second-order valence-corrected chi connectivity index (χ2v) is 6.14. The highest BCUT2D eigenvalue weighted by Gasteiger charge is 2.13. The Morgan fingerprint density at radius 3 is 2.71 bits per heavy atom. The van der Waals surface area contributed by atoms with E-state index in [2.05, 4.69) is 42.7 Å². The lowest BCUT2D eigenvalue weighted by Gasteiger charge is -2.24. The summed E-state index contributed by atoms with van der Waals surface area (Å²) in [6.45, 7) is 10.3. The number of morpholine rings is 1. The number of thiocarbonyl (C=S) groups is 1. The van der Waals surface area contributed by atoms with Crippen molar-refractivity contribution in [2.75, 3.05) is 44.7 Å². The molecule has 0 bridgehead atoms. The third kappa shape index (κ3) is 5.26. The van der Waals surface area contributed by atoms with Crippen molar-refractivity contribution in [1.29, 1.82) is 0 Å². The van der Waals surface area contributed by atoms with Crippen LogP contribution in [-0.2, 0) is 4.74 Å². The summed E-state index contributed by atoms with van der Waals surface area (Å²) in [5.41, 5.74) is 2.39. The predicted molar refractivity (Wildman–Crippen MR) is 91.1 cm³/mol. The number of hydrogen-bond donors (Lipinski definition) is 3. The van der Waals surface area contributed by atoms with Crippen molar-refractivity contribution < 1.29 is 9.64 Å². The Kier molecular flexibility index (Phi) is 6.42. The number of benzene rings is 1. The molecule has 21 heavy (non-hydrogen) atoms. The van der Waals surface area contributed by atoms with Crippen molar-refractivity contribution in [1.82, 2.24) is 5.32 Å². The minimum atomic E-state index is 0.481. The Balaban J connectivity index is 1.76. The molecule has 0 spiro atoms. The van der Waals surface area contributed by atoms with Gasteiger partial charge in [-0.15, -0.1) is 0 Å². The molecule has 3 N–H and O–H groups in total. The first kappa shape index (κ1) is 16.2. The van der Waals surface area contributed by atoms with E-state index in [1.165, 1.54) is 5.56 Å². The monoisotopic (exact) mass is 308 g/mol. The van der Waals surface area contributed by atoms with Gasteiger partial charge in [-0.1, -0.05) is 32.0 Å². The van der Waals surface area contributed by atoms with E-state index >= 15 is 0 Å². The summed E-state index contributed by atoms with van der Waals surface area (Å²) in [5.74, 6) is 0.481. The molecule has 0 unspecified atom stereocenters. The van der Waals surface area contributed by atoms with E-state index in [0.29, 0.717) is 11.0 Å². The summed E-state index contributed by atoms with van der Waals surface area (Å²) in [7, 11) is 0. The highest BCUT2D eigenvalue weighted by molar-refractivity contribution is 7.80. The number of hydrogen-bond acceptors (Lipinski definition) is 2. The number of nitrogens with one attached hydrogen (secondary N) is 3. The first-order valence-electron chi connectivity index (χ1n) is 7.72. The number of ether oxygens (including phenoxy) is 1. The lowest BCUT2D eigenvalue weighted by atomic mass is 10.0. The average molecular weight is 308 g/mol. The highest BCUT2D eigenvalue weighted by atomic mass is 32.1. The molecule has 0 aromatic heterocycles. The third-order valence-electron chi connectivity index (χ3n) is 3.80. The number of quaternary nitrogens is 1. The standard InChI is InChI=1S/C16H25N3OS/c1-13(2)14-5-3-4-6-15(14)18-16(21)17-7-8-19-9-11-20-12-10-19/h3-6,13H,7-12H2,1-2H3,(H2,17,18,21)/p+1. The Hall–Kier alpha value is -1.17. The SMILES string of the molecule is CC(C)c1ccccc1NC(=S)NCC[NH+]1CCOCC1. The Labute approximate surface area is 132 Å². The third-order valence-corrected chi connectivity index (χ3v) is 4.04. The summed E-state index contributed by atoms with van der Waals surface area (Å²) in [6, 6.07) is 8.33. The van der Waals surface area contributed by atoms with Gasteiger partial charge in [-0.05, 0) is 29.8 Å². The summed E-state index contributed by atoms with van der Waals surface area (Å²) in [5, 5.41) is 7.32. The zero-order valence-electron chi connectivity index (χ0n) is 12.9. The van der Waals surface area contributed by atoms with E-state index in [-0.39, 0.29) is 0 Å². The second-order valence-electron chi connectivity index (χ2n) is 5.74. The normalized spacial score (nSPS) is 16.0. The number of para-hydroxylation sites is 1. The maximum Gasteiger partial charge on any atom is 0.170 e. The summed E-state index contributed by atoms with van der Waals surface area (Å²) < 4.78 is 5.36. The van der Waals surface area contributed by atoms with Gasteiger partial charge in [-0.25, -0.2) is 0 Å². The fraction of sp³-hybridized carbons (Fsp3) is 0.562. The van der Waals surface area contributed by atoms with Gasteiger partial charge in [-0.3, -0.25) is 0 Å². The summed E-state index contributed by atoms with van der Waals surface area (Å²) in [4.78, 5) is 1.58. The molecule has 5 heteroatoms. The molecule has 1 saturated heterocycles. The van der Waals surface area contributed by atoms with Gasteiger partial charge in [0.2, 0.25) is 0 Å². The molecular weight excluding hydrogens is 282 g/mol. The maximum atomic E-state index is 5.39. The van der Waals surface area contributed by atoms with Crippen molar-refractivity contribution in [2.45, 2.75) is 19.8 Å². The van der Waals surface area contributed by atoms with Crippen LogP contribution in [-0.4, -0.2) is 44.5 Å². The van der Waals surface area contributed by atoms with Gasteiger partial charge in [0, 0.05) is 5.69 Å². The van der Waals surface area contributed by atoms with Crippen LogP contribution >= 0.6 is 12.2 Å². The molecule has 0 aliphatic carbocycles. The van der Waals surface area contributed by atoms with E-state index in [4.69, 9.17) is 17.0 Å². The fourth-order valence-corrected chi connectivity index (χ4v) is 2.76. The number of rotatable bonds is 5. The molecule has 0 amide bonds. The Bertz CT molecular complexity index is 459. The molecule has 1 aliphatic rings. The first-order chi connectivity index (χ1) is 10.2. The van der Waals surface area contributed by atoms with Crippen molar-refractivity contribution in [3.05, 3.63) is 29.8 Å². The Morgan fingerprint density at radius 2 is 2.00 bits per heavy atom. The molecule has 1 aromatic rings. The molecule has 1 aliphatic heterocycles. The molecule has 0 radical (unpaired) electrons. The number of anilines is 1. The highest BCUT2D eigenvalue weighted by Crippen LogP contribution is 2.23. The minimum absolute atomic E-state index is 0.481. The maximum absolute atomic E-state index is 5.39. The zero-order valence-corrected chi connectivity index (χ0v) is 13.8. The topological polar surface area (TPSA) is 37.7 Å². The quantitative estimate of drug-likeness (QED) is 0.710. The van der Waals surface area contributed by atoms with Gasteiger partial charge in [0.1, 0.15) is 13.1 Å². The molecule has 2 rings (SSSR count). The van der Waals surface area contributed by atoms with Crippen LogP contribution in [0.5, 0.6) is 0 Å². The van der Waals surface area contributed by atoms with Crippen LogP contribution in [0.1, 0.15) is 25.3 Å². The average Bonchev–Trinajstić information content (AvgIpc) is 2.48. The lowest BCUT2D eigenvalue weighted by molar-refractivity contribution is -0.906. The van der Waals surface area contributed by atoms with Crippen molar-refractivity contribution >= 4 is 23.0 Å². The van der Waals surface area contributed by atoms with E-state index < -0.39 is 0 Å². The van der Waals surface area contributed by atoms with E-state index in [1.807, 2.05) is 6.07 Å². The van der Waals surface area contributed by atoms with Crippen molar-refractivity contribution in [2.24, 2.45) is 0 Å². The molecule has 116 valence electrons. The van der Waals surface area contributed by atoms with Crippen molar-refractivity contribution in [3.8, 4) is 0 Å². The fourth-order valence-electron chi connectivity index (χ4n) is 2.54. The minimum Gasteiger partial charge on any atom is -0.370 e. The van der Waals surface area contributed by atoms with Crippen LogP contribution in [0.3, 0.4) is 0 Å². The zero-order chi connectivity index (χ0) is 15.1. The van der Waals surface area contributed by atoms with Gasteiger partial charge < -0.3 is 20.3 Å². The van der Waals surface area contributed by atoms with Crippen LogP contribution < -0.4 is 15.5 Å².